The maximum Gasteiger partial charge on any atom is 0.410 e. The van der Waals surface area contributed by atoms with Gasteiger partial charge in [0.1, 0.15) is 12.3 Å². The lowest BCUT2D eigenvalue weighted by molar-refractivity contribution is -0.122. The molecule has 1 unspecified atom stereocenters. The fourth-order valence-electron chi connectivity index (χ4n) is 3.23. The molecule has 30 heavy (non-hydrogen) atoms. The molecule has 0 spiro atoms. The number of piperidine rings is 1. The number of aromatic nitrogens is 3. The smallest absolute Gasteiger partial charge is 0.410 e. The highest BCUT2D eigenvalue weighted by Crippen LogP contribution is 2.20. The second-order valence-corrected chi connectivity index (χ2v) is 7.99. The molecule has 1 aromatic heterocycles. The highest BCUT2D eigenvalue weighted by atomic mass is 35.5. The van der Waals surface area contributed by atoms with E-state index in [4.69, 9.17) is 27.9 Å². The third-order valence-electron chi connectivity index (χ3n) is 4.82. The summed E-state index contributed by atoms with van der Waals surface area (Å²) in [7, 11) is 0. The number of aliphatic hydroxyl groups excluding tert-OH is 1. The number of benzene rings is 1. The average Bonchev–Trinajstić information content (AvgIpc) is 3.25. The summed E-state index contributed by atoms with van der Waals surface area (Å²) in [6.07, 6.45) is 1.96. The van der Waals surface area contributed by atoms with Crippen LogP contribution in [0.4, 0.5) is 4.79 Å². The summed E-state index contributed by atoms with van der Waals surface area (Å²) in [5.41, 5.74) is 1.13. The fraction of sp³-hybridized carbons (Fsp3) is 0.474. The topological polar surface area (TPSA) is 120 Å². The Hall–Kier alpha value is -2.36. The van der Waals surface area contributed by atoms with Gasteiger partial charge in [-0.05, 0) is 43.0 Å². The number of ether oxygens (including phenoxy) is 1. The molecule has 162 valence electrons. The molecule has 1 aromatic carbocycles. The Kier molecular flexibility index (Phi) is 7.89. The SMILES string of the molecule is O=C(CCC(O)c1c[nH]nn1)NC1CCN(C(=O)OCc2cc(Cl)cc(Cl)c2)CC1. The molecule has 0 saturated carbocycles. The van der Waals surface area contributed by atoms with Crippen molar-refractivity contribution in [2.75, 3.05) is 13.1 Å². The van der Waals surface area contributed by atoms with Crippen LogP contribution in [0.25, 0.3) is 0 Å². The van der Waals surface area contributed by atoms with Gasteiger partial charge in [-0.15, -0.1) is 5.10 Å². The number of hydrogen-bond donors (Lipinski definition) is 3. The number of carbonyl (C=O) groups is 2. The van der Waals surface area contributed by atoms with Crippen molar-refractivity contribution in [1.82, 2.24) is 25.6 Å². The van der Waals surface area contributed by atoms with Crippen molar-refractivity contribution < 1.29 is 19.4 Å². The maximum atomic E-state index is 12.3. The molecule has 2 amide bonds. The predicted molar refractivity (Wildman–Crippen MR) is 110 cm³/mol. The molecular formula is C19H23Cl2N5O4. The molecule has 9 nitrogen and oxygen atoms in total. The minimum atomic E-state index is -0.833. The van der Waals surface area contributed by atoms with E-state index >= 15 is 0 Å². The molecule has 0 bridgehead atoms. The summed E-state index contributed by atoms with van der Waals surface area (Å²) >= 11 is 11.9. The van der Waals surface area contributed by atoms with Gasteiger partial charge < -0.3 is 20.1 Å². The molecule has 2 aromatic rings. The summed E-state index contributed by atoms with van der Waals surface area (Å²) in [6, 6.07) is 4.99. The van der Waals surface area contributed by atoms with Crippen molar-refractivity contribution in [1.29, 1.82) is 0 Å². The number of halogens is 2. The summed E-state index contributed by atoms with van der Waals surface area (Å²) in [6.45, 7) is 1.06. The largest absolute Gasteiger partial charge is 0.445 e. The van der Waals surface area contributed by atoms with Crippen molar-refractivity contribution in [2.45, 2.75) is 44.4 Å². The number of H-pyrrole nitrogens is 1. The van der Waals surface area contributed by atoms with Crippen LogP contribution in [0.15, 0.2) is 24.4 Å². The lowest BCUT2D eigenvalue weighted by atomic mass is 10.0. The Morgan fingerprint density at radius 2 is 1.97 bits per heavy atom. The van der Waals surface area contributed by atoms with Crippen LogP contribution in [0.2, 0.25) is 10.0 Å². The summed E-state index contributed by atoms with van der Waals surface area (Å²) in [5, 5.41) is 23.7. The van der Waals surface area contributed by atoms with Crippen LogP contribution >= 0.6 is 23.2 Å². The number of nitrogens with one attached hydrogen (secondary N) is 2. The summed E-state index contributed by atoms with van der Waals surface area (Å²) in [4.78, 5) is 26.0. The first-order valence-electron chi connectivity index (χ1n) is 9.61. The van der Waals surface area contributed by atoms with Gasteiger partial charge in [-0.3, -0.25) is 9.89 Å². The normalized spacial score (nSPS) is 15.6. The molecule has 0 radical (unpaired) electrons. The second kappa shape index (κ2) is 10.6. The molecular weight excluding hydrogens is 433 g/mol. The van der Waals surface area contributed by atoms with Gasteiger partial charge in [0.2, 0.25) is 5.91 Å². The quantitative estimate of drug-likeness (QED) is 0.590. The minimum Gasteiger partial charge on any atom is -0.445 e. The van der Waals surface area contributed by atoms with E-state index in [1.54, 1.807) is 23.1 Å². The average molecular weight is 456 g/mol. The van der Waals surface area contributed by atoms with Gasteiger partial charge in [0, 0.05) is 41.8 Å². The third-order valence-corrected chi connectivity index (χ3v) is 5.26. The number of likely N-dealkylation sites (tertiary alicyclic amines) is 1. The van der Waals surface area contributed by atoms with Crippen molar-refractivity contribution >= 4 is 35.2 Å². The van der Waals surface area contributed by atoms with Gasteiger partial charge in [-0.1, -0.05) is 28.4 Å². The zero-order valence-electron chi connectivity index (χ0n) is 16.2. The van der Waals surface area contributed by atoms with Crippen LogP contribution in [0.5, 0.6) is 0 Å². The maximum absolute atomic E-state index is 12.3. The number of carbonyl (C=O) groups excluding carboxylic acids is 2. The van der Waals surface area contributed by atoms with E-state index in [2.05, 4.69) is 20.7 Å². The Morgan fingerprint density at radius 1 is 1.27 bits per heavy atom. The van der Waals surface area contributed by atoms with Crippen LogP contribution in [0, 0.1) is 0 Å². The molecule has 1 fully saturated rings. The van der Waals surface area contributed by atoms with Crippen LogP contribution in [0.1, 0.15) is 43.0 Å². The molecule has 1 aliphatic rings. The number of aliphatic hydroxyl groups is 1. The first-order chi connectivity index (χ1) is 14.4. The molecule has 11 heteroatoms. The molecule has 1 saturated heterocycles. The lowest BCUT2D eigenvalue weighted by Crippen LogP contribution is -2.46. The van der Waals surface area contributed by atoms with Crippen LogP contribution < -0.4 is 5.32 Å². The number of rotatable bonds is 7. The molecule has 0 aliphatic carbocycles. The van der Waals surface area contributed by atoms with E-state index < -0.39 is 12.2 Å². The number of amides is 2. The van der Waals surface area contributed by atoms with Gasteiger partial charge >= 0.3 is 6.09 Å². The van der Waals surface area contributed by atoms with E-state index in [0.717, 1.165) is 5.56 Å². The Balaban J connectivity index is 1.35. The van der Waals surface area contributed by atoms with Crippen LogP contribution in [0.3, 0.4) is 0 Å². The number of aromatic amines is 1. The van der Waals surface area contributed by atoms with E-state index in [1.165, 1.54) is 6.20 Å². The van der Waals surface area contributed by atoms with E-state index in [9.17, 15) is 14.7 Å². The highest BCUT2D eigenvalue weighted by Gasteiger charge is 2.25. The van der Waals surface area contributed by atoms with Crippen LogP contribution in [-0.4, -0.2) is 56.5 Å². The van der Waals surface area contributed by atoms with Gasteiger partial charge in [-0.25, -0.2) is 4.79 Å². The van der Waals surface area contributed by atoms with Crippen molar-refractivity contribution in [3.05, 3.63) is 45.7 Å². The molecule has 2 heterocycles. The van der Waals surface area contributed by atoms with Crippen molar-refractivity contribution in [2.24, 2.45) is 0 Å². The molecule has 1 atom stereocenters. The van der Waals surface area contributed by atoms with Crippen molar-refractivity contribution in [3.8, 4) is 0 Å². The van der Waals surface area contributed by atoms with Gasteiger partial charge in [0.15, 0.2) is 0 Å². The Bertz CT molecular complexity index is 836. The Labute approximate surface area is 183 Å². The Morgan fingerprint density at radius 3 is 2.60 bits per heavy atom. The van der Waals surface area contributed by atoms with Gasteiger partial charge in [-0.2, -0.15) is 0 Å². The standard InChI is InChI=1S/C19H23Cl2N5O4/c20-13-7-12(8-14(21)9-13)11-30-19(29)26-5-3-15(4-6-26)23-18(28)2-1-17(27)16-10-22-25-24-16/h7-10,15,17,27H,1-6,11H2,(H,23,28)(H,22,24,25). The minimum absolute atomic E-state index is 0.0162. The number of hydrogen-bond acceptors (Lipinski definition) is 6. The second-order valence-electron chi connectivity index (χ2n) is 7.11. The van der Waals surface area contributed by atoms with Gasteiger partial charge in [0.05, 0.1) is 6.10 Å². The molecule has 1 aliphatic heterocycles. The first kappa shape index (κ1) is 22.3. The first-order valence-corrected chi connectivity index (χ1v) is 10.4. The molecule has 3 rings (SSSR count). The zero-order chi connectivity index (χ0) is 21.5. The summed E-state index contributed by atoms with van der Waals surface area (Å²) < 4.78 is 5.34. The monoisotopic (exact) mass is 455 g/mol. The van der Waals surface area contributed by atoms with E-state index in [0.29, 0.717) is 41.7 Å². The highest BCUT2D eigenvalue weighted by molar-refractivity contribution is 6.34. The lowest BCUT2D eigenvalue weighted by Gasteiger charge is -2.31. The number of nitrogens with zero attached hydrogens (tertiary/aromatic N) is 3. The fourth-order valence-corrected chi connectivity index (χ4v) is 3.80. The van der Waals surface area contributed by atoms with E-state index in [1.807, 2.05) is 0 Å². The predicted octanol–water partition coefficient (Wildman–Crippen LogP) is 2.84. The molecule has 3 N–H and O–H groups in total. The van der Waals surface area contributed by atoms with E-state index in [-0.39, 0.29) is 31.4 Å². The van der Waals surface area contributed by atoms with Crippen molar-refractivity contribution in [3.63, 3.8) is 0 Å². The third kappa shape index (κ3) is 6.58. The van der Waals surface area contributed by atoms with Gasteiger partial charge in [0.25, 0.3) is 0 Å². The van der Waals surface area contributed by atoms with Crippen LogP contribution in [-0.2, 0) is 16.1 Å². The zero-order valence-corrected chi connectivity index (χ0v) is 17.7. The summed E-state index contributed by atoms with van der Waals surface area (Å²) in [5.74, 6) is -0.142.